The Balaban J connectivity index is 1.40. The van der Waals surface area contributed by atoms with Gasteiger partial charge in [0.25, 0.3) is 11.4 Å². The molecule has 0 amide bonds. The monoisotopic (exact) mass is 702 g/mol. The minimum atomic E-state index is -0.514. The van der Waals surface area contributed by atoms with Gasteiger partial charge in [-0.25, -0.2) is 9.67 Å². The number of nitro groups is 2. The molecule has 1 aliphatic rings. The summed E-state index contributed by atoms with van der Waals surface area (Å²) >= 11 is 8.15. The zero-order valence-electron chi connectivity index (χ0n) is 26.9. The number of hydrogen-bond acceptors (Lipinski definition) is 9. The highest BCUT2D eigenvalue weighted by Crippen LogP contribution is 2.49. The third-order valence-corrected chi connectivity index (χ3v) is 9.84. The van der Waals surface area contributed by atoms with Gasteiger partial charge in [0.15, 0.2) is 5.84 Å². The number of hydrogen-bond donors (Lipinski definition) is 0. The van der Waals surface area contributed by atoms with Crippen molar-refractivity contribution < 1.29 is 9.85 Å². The molecule has 0 unspecified atom stereocenters. The Morgan fingerprint density at radius 3 is 2.26 bits per heavy atom. The van der Waals surface area contributed by atoms with E-state index in [0.29, 0.717) is 33.4 Å². The maximum atomic E-state index is 11.3. The number of non-ortho nitro benzene ring substituents is 2. The Labute approximate surface area is 295 Å². The van der Waals surface area contributed by atoms with Gasteiger partial charge in [-0.15, -0.1) is 21.6 Å². The van der Waals surface area contributed by atoms with Gasteiger partial charge in [-0.1, -0.05) is 49.7 Å². The van der Waals surface area contributed by atoms with Crippen molar-refractivity contribution in [3.05, 3.63) is 149 Å². The molecule has 0 atom stereocenters. The molecule has 0 saturated heterocycles. The Kier molecular flexibility index (Phi) is 9.32. The maximum absolute atomic E-state index is 11.3. The topological polar surface area (TPSA) is 165 Å². The first kappa shape index (κ1) is 33.8. The fraction of sp³-hybridized carbons (Fsp3) is 0.139. The number of allylic oxidation sites excluding steroid dienone is 2. The number of thiophene rings is 1. The van der Waals surface area contributed by atoms with Gasteiger partial charge >= 0.3 is 0 Å². The standard InChI is InChI=1S/C36H27ClN8O4S/c1-22-29(33(37)43(42-22)26-7-5-4-6-8-26)18-9-23-19-30-31(21-38)35(50-32(30)36(2,3)20-23)39-34(24-10-14-27(15-11-24)44(46)47)41-40-25-12-16-28(17-13-25)45(48)49/h4-19H,20H2,1-3H3/b18-9-,39-34-,41-40?. The molecule has 0 aliphatic heterocycles. The van der Waals surface area contributed by atoms with Crippen molar-refractivity contribution in [1.82, 2.24) is 9.78 Å². The lowest BCUT2D eigenvalue weighted by Gasteiger charge is -2.29. The van der Waals surface area contributed by atoms with E-state index < -0.39 is 9.85 Å². The van der Waals surface area contributed by atoms with E-state index in [-0.39, 0.29) is 22.6 Å². The number of nitrogens with zero attached hydrogens (tertiary/aromatic N) is 8. The Morgan fingerprint density at radius 1 is 1.00 bits per heavy atom. The molecule has 1 aliphatic carbocycles. The molecular weight excluding hydrogens is 676 g/mol. The Morgan fingerprint density at radius 2 is 1.64 bits per heavy atom. The molecule has 248 valence electrons. The summed E-state index contributed by atoms with van der Waals surface area (Å²) in [5.41, 5.74) is 4.73. The second kappa shape index (κ2) is 13.8. The number of azo groups is 1. The molecule has 6 rings (SSSR count). The third kappa shape index (κ3) is 6.88. The second-order valence-electron chi connectivity index (χ2n) is 12.0. The number of aryl methyl sites for hydroxylation is 1. The van der Waals surface area contributed by atoms with Crippen LogP contribution in [0.3, 0.4) is 0 Å². The smallest absolute Gasteiger partial charge is 0.258 e. The van der Waals surface area contributed by atoms with Crippen molar-refractivity contribution in [3.8, 4) is 11.8 Å². The van der Waals surface area contributed by atoms with Crippen LogP contribution in [0.4, 0.5) is 22.1 Å². The number of amidine groups is 1. The predicted octanol–water partition coefficient (Wildman–Crippen LogP) is 10.2. The van der Waals surface area contributed by atoms with Crippen LogP contribution in [-0.2, 0) is 5.41 Å². The van der Waals surface area contributed by atoms with E-state index in [1.54, 1.807) is 4.68 Å². The summed E-state index contributed by atoms with van der Waals surface area (Å²) in [6, 6.07) is 23.2. The zero-order valence-corrected chi connectivity index (χ0v) is 28.5. The van der Waals surface area contributed by atoms with E-state index in [4.69, 9.17) is 16.6 Å². The first-order valence-corrected chi connectivity index (χ1v) is 16.4. The van der Waals surface area contributed by atoms with Crippen LogP contribution < -0.4 is 0 Å². The lowest BCUT2D eigenvalue weighted by Crippen LogP contribution is -2.20. The summed E-state index contributed by atoms with van der Waals surface area (Å²) in [5, 5.41) is 46.9. The molecule has 14 heteroatoms. The fourth-order valence-corrected chi connectivity index (χ4v) is 7.08. The van der Waals surface area contributed by atoms with Gasteiger partial charge < -0.3 is 0 Å². The molecular formula is C36H27ClN8O4S. The molecule has 0 saturated carbocycles. The summed E-state index contributed by atoms with van der Waals surface area (Å²) < 4.78 is 1.70. The highest BCUT2D eigenvalue weighted by Gasteiger charge is 2.33. The van der Waals surface area contributed by atoms with Crippen LogP contribution in [0.1, 0.15) is 53.1 Å². The van der Waals surface area contributed by atoms with Crippen LogP contribution in [0.25, 0.3) is 17.8 Å². The molecule has 0 N–H and O–H groups in total. The molecule has 50 heavy (non-hydrogen) atoms. The number of halogens is 1. The van der Waals surface area contributed by atoms with Crippen LogP contribution in [-0.4, -0.2) is 25.5 Å². The molecule has 12 nitrogen and oxygen atoms in total. The van der Waals surface area contributed by atoms with Crippen LogP contribution >= 0.6 is 22.9 Å². The van der Waals surface area contributed by atoms with Crippen molar-refractivity contribution >= 4 is 63.0 Å². The van der Waals surface area contributed by atoms with Gasteiger partial charge in [0.1, 0.15) is 16.2 Å². The van der Waals surface area contributed by atoms with Crippen LogP contribution in [0, 0.1) is 38.5 Å². The summed E-state index contributed by atoms with van der Waals surface area (Å²) in [5.74, 6) is 0.107. The predicted molar refractivity (Wildman–Crippen MR) is 194 cm³/mol. The zero-order chi connectivity index (χ0) is 35.6. The van der Waals surface area contributed by atoms with E-state index in [1.165, 1.54) is 59.9 Å². The molecule has 0 spiro atoms. The SMILES string of the molecule is Cc1nn(-c2ccccc2)c(Cl)c1/C=C\C1=Cc2c(sc(/N=C(\N=Nc3ccc([N+](=O)[O-])cc3)c3ccc([N+](=O)[O-])cc3)c2C#N)C(C)(C)C1. The van der Waals surface area contributed by atoms with Gasteiger partial charge in [-0.3, -0.25) is 20.2 Å². The molecule has 2 heterocycles. The molecule has 0 radical (unpaired) electrons. The van der Waals surface area contributed by atoms with Gasteiger partial charge in [0.05, 0.1) is 32.5 Å². The van der Waals surface area contributed by atoms with Crippen molar-refractivity contribution in [3.63, 3.8) is 0 Å². The normalized spacial score (nSPS) is 14.1. The number of nitro benzene ring substituents is 2. The minimum Gasteiger partial charge on any atom is -0.258 e. The van der Waals surface area contributed by atoms with Crippen molar-refractivity contribution in [2.45, 2.75) is 32.6 Å². The average Bonchev–Trinajstić information content (AvgIpc) is 3.61. The van der Waals surface area contributed by atoms with E-state index in [0.717, 1.165) is 33.0 Å². The van der Waals surface area contributed by atoms with Crippen LogP contribution in [0.5, 0.6) is 0 Å². The summed E-state index contributed by atoms with van der Waals surface area (Å²) in [7, 11) is 0. The number of fused-ring (bicyclic) bond motifs is 1. The van der Waals surface area contributed by atoms with E-state index in [9.17, 15) is 25.5 Å². The Bertz CT molecular complexity index is 2300. The number of aromatic nitrogens is 2. The summed E-state index contributed by atoms with van der Waals surface area (Å²) in [6.07, 6.45) is 6.61. The molecule has 0 fully saturated rings. The van der Waals surface area contributed by atoms with Gasteiger partial charge in [0.2, 0.25) is 0 Å². The number of benzene rings is 3. The van der Waals surface area contributed by atoms with Crippen molar-refractivity contribution in [2.75, 3.05) is 0 Å². The quantitative estimate of drug-likeness (QED) is 0.0513. The summed E-state index contributed by atoms with van der Waals surface area (Å²) in [4.78, 5) is 27.1. The number of rotatable bonds is 8. The largest absolute Gasteiger partial charge is 0.269 e. The summed E-state index contributed by atoms with van der Waals surface area (Å²) in [6.45, 7) is 6.12. The first-order chi connectivity index (χ1) is 23.9. The molecule has 5 aromatic rings. The van der Waals surface area contributed by atoms with Gasteiger partial charge in [0, 0.05) is 51.2 Å². The van der Waals surface area contributed by atoms with Gasteiger partial charge in [-0.05, 0) is 67.5 Å². The van der Waals surface area contributed by atoms with E-state index >= 15 is 0 Å². The van der Waals surface area contributed by atoms with Crippen molar-refractivity contribution in [2.24, 2.45) is 15.2 Å². The lowest BCUT2D eigenvalue weighted by molar-refractivity contribution is -0.385. The number of aliphatic imine (C=N–C) groups is 1. The highest BCUT2D eigenvalue weighted by molar-refractivity contribution is 7.16. The molecule has 3 aromatic carbocycles. The van der Waals surface area contributed by atoms with Gasteiger partial charge in [-0.2, -0.15) is 10.4 Å². The Hall–Kier alpha value is -6.10. The van der Waals surface area contributed by atoms with Crippen LogP contribution in [0.2, 0.25) is 5.15 Å². The van der Waals surface area contributed by atoms with Crippen LogP contribution in [0.15, 0.2) is 106 Å². The number of nitriles is 1. The fourth-order valence-electron chi connectivity index (χ4n) is 5.54. The van der Waals surface area contributed by atoms with E-state index in [1.807, 2.05) is 55.5 Å². The second-order valence-corrected chi connectivity index (χ2v) is 13.4. The minimum absolute atomic E-state index is 0.0959. The van der Waals surface area contributed by atoms with Crippen molar-refractivity contribution in [1.29, 1.82) is 5.26 Å². The first-order valence-electron chi connectivity index (χ1n) is 15.2. The average molecular weight is 703 g/mol. The lowest BCUT2D eigenvalue weighted by atomic mass is 9.77. The molecule has 2 aromatic heterocycles. The highest BCUT2D eigenvalue weighted by atomic mass is 35.5. The maximum Gasteiger partial charge on any atom is 0.269 e. The number of para-hydroxylation sites is 1. The molecule has 0 bridgehead atoms. The van der Waals surface area contributed by atoms with E-state index in [2.05, 4.69) is 35.2 Å². The third-order valence-electron chi connectivity index (χ3n) is 8.01.